The predicted molar refractivity (Wildman–Crippen MR) is 122 cm³/mol. The Bertz CT molecular complexity index is 1270. The average Bonchev–Trinajstić information content (AvgIpc) is 3.07. The lowest BCUT2D eigenvalue weighted by atomic mass is 10.2. The summed E-state index contributed by atoms with van der Waals surface area (Å²) in [7, 11) is -3.67. The summed E-state index contributed by atoms with van der Waals surface area (Å²) >= 11 is 0. The molecular weight excluding hydrogens is 428 g/mol. The first-order chi connectivity index (χ1) is 15.4. The van der Waals surface area contributed by atoms with Crippen LogP contribution in [-0.4, -0.2) is 54.5 Å². The zero-order chi connectivity index (χ0) is 22.7. The van der Waals surface area contributed by atoms with Crippen LogP contribution in [0.25, 0.3) is 5.69 Å². The number of benzene rings is 2. The van der Waals surface area contributed by atoms with E-state index in [0.29, 0.717) is 49.7 Å². The number of rotatable bonds is 5. The van der Waals surface area contributed by atoms with Crippen LogP contribution in [0.5, 0.6) is 0 Å². The standard InChI is InChI=1S/C23H24N4O4S/c1-18(28)19-8-10-21(11-9-19)32(30,31)26-15-5-14-25(16-17-26)22-12-13-23(29)27(24-22)20-6-3-2-4-7-20/h2-4,6-13H,5,14-17H2,1H3. The number of ketones is 1. The Morgan fingerprint density at radius 2 is 1.59 bits per heavy atom. The Morgan fingerprint density at radius 1 is 0.875 bits per heavy atom. The topological polar surface area (TPSA) is 92.6 Å². The summed E-state index contributed by atoms with van der Waals surface area (Å²) in [6.07, 6.45) is 0.622. The number of aromatic nitrogens is 2. The van der Waals surface area contributed by atoms with Crippen molar-refractivity contribution in [1.82, 2.24) is 14.1 Å². The van der Waals surface area contributed by atoms with E-state index in [2.05, 4.69) is 5.10 Å². The fourth-order valence-electron chi connectivity index (χ4n) is 3.70. The first kappa shape index (κ1) is 21.9. The van der Waals surface area contributed by atoms with E-state index in [4.69, 9.17) is 0 Å². The quantitative estimate of drug-likeness (QED) is 0.552. The third-order valence-corrected chi connectivity index (χ3v) is 7.38. The van der Waals surface area contributed by atoms with Gasteiger partial charge in [-0.2, -0.15) is 8.99 Å². The number of nitrogens with zero attached hydrogens (tertiary/aromatic N) is 4. The van der Waals surface area contributed by atoms with Crippen LogP contribution in [0.1, 0.15) is 23.7 Å². The van der Waals surface area contributed by atoms with E-state index in [9.17, 15) is 18.0 Å². The fraction of sp³-hybridized carbons (Fsp3) is 0.261. The molecule has 0 spiro atoms. The SMILES string of the molecule is CC(=O)c1ccc(S(=O)(=O)N2CCCN(c3ccc(=O)n(-c4ccccc4)n3)CC2)cc1. The van der Waals surface area contributed by atoms with Gasteiger partial charge in [0.1, 0.15) is 5.82 Å². The van der Waals surface area contributed by atoms with Gasteiger partial charge >= 0.3 is 0 Å². The van der Waals surface area contributed by atoms with Crippen molar-refractivity contribution in [2.24, 2.45) is 0 Å². The summed E-state index contributed by atoms with van der Waals surface area (Å²) in [5.41, 5.74) is 0.922. The van der Waals surface area contributed by atoms with Crippen molar-refractivity contribution in [2.45, 2.75) is 18.2 Å². The molecule has 1 aliphatic heterocycles. The van der Waals surface area contributed by atoms with E-state index in [1.165, 1.54) is 46.2 Å². The molecule has 0 N–H and O–H groups in total. The van der Waals surface area contributed by atoms with Gasteiger partial charge in [-0.25, -0.2) is 8.42 Å². The zero-order valence-corrected chi connectivity index (χ0v) is 18.5. The van der Waals surface area contributed by atoms with Gasteiger partial charge in [0.15, 0.2) is 5.78 Å². The molecule has 3 aromatic rings. The van der Waals surface area contributed by atoms with Gasteiger partial charge in [-0.15, -0.1) is 5.10 Å². The van der Waals surface area contributed by atoms with Gasteiger partial charge in [0.05, 0.1) is 10.6 Å². The summed E-state index contributed by atoms with van der Waals surface area (Å²) in [6, 6.07) is 18.4. The smallest absolute Gasteiger partial charge is 0.271 e. The third kappa shape index (κ3) is 4.49. The lowest BCUT2D eigenvalue weighted by molar-refractivity contribution is 0.101. The minimum absolute atomic E-state index is 0.108. The minimum atomic E-state index is -3.67. The minimum Gasteiger partial charge on any atom is -0.354 e. The molecule has 0 radical (unpaired) electrons. The molecule has 4 rings (SSSR count). The van der Waals surface area contributed by atoms with Crippen molar-refractivity contribution in [2.75, 3.05) is 31.1 Å². The van der Waals surface area contributed by atoms with Crippen LogP contribution >= 0.6 is 0 Å². The molecule has 0 aliphatic carbocycles. The highest BCUT2D eigenvalue weighted by Gasteiger charge is 2.27. The second-order valence-electron chi connectivity index (χ2n) is 7.60. The lowest BCUT2D eigenvalue weighted by Gasteiger charge is -2.23. The van der Waals surface area contributed by atoms with Crippen molar-refractivity contribution >= 4 is 21.6 Å². The third-order valence-electron chi connectivity index (χ3n) is 5.46. The molecule has 32 heavy (non-hydrogen) atoms. The van der Waals surface area contributed by atoms with Gasteiger partial charge in [-0.05, 0) is 43.7 Å². The van der Waals surface area contributed by atoms with Crippen molar-refractivity contribution in [3.05, 3.63) is 82.6 Å². The number of carbonyl (C=O) groups excluding carboxylic acids is 1. The maximum Gasteiger partial charge on any atom is 0.271 e. The van der Waals surface area contributed by atoms with Crippen molar-refractivity contribution in [1.29, 1.82) is 0 Å². The van der Waals surface area contributed by atoms with Crippen LogP contribution in [0.15, 0.2) is 76.4 Å². The van der Waals surface area contributed by atoms with Gasteiger partial charge in [0.25, 0.3) is 5.56 Å². The number of carbonyl (C=O) groups is 1. The van der Waals surface area contributed by atoms with Crippen LogP contribution in [0.4, 0.5) is 5.82 Å². The zero-order valence-electron chi connectivity index (χ0n) is 17.7. The molecular formula is C23H24N4O4S. The van der Waals surface area contributed by atoms with E-state index in [1.54, 1.807) is 6.07 Å². The largest absolute Gasteiger partial charge is 0.354 e. The molecule has 9 heteroatoms. The first-order valence-electron chi connectivity index (χ1n) is 10.4. The van der Waals surface area contributed by atoms with Gasteiger partial charge < -0.3 is 4.90 Å². The fourth-order valence-corrected chi connectivity index (χ4v) is 5.17. The van der Waals surface area contributed by atoms with E-state index in [1.807, 2.05) is 35.2 Å². The Morgan fingerprint density at radius 3 is 2.28 bits per heavy atom. The average molecular weight is 453 g/mol. The summed E-state index contributed by atoms with van der Waals surface area (Å²) in [6.45, 7) is 3.19. The summed E-state index contributed by atoms with van der Waals surface area (Å²) in [4.78, 5) is 25.9. The number of sulfonamides is 1. The molecule has 0 atom stereocenters. The predicted octanol–water partition coefficient (Wildman–Crippen LogP) is 2.34. The molecule has 0 bridgehead atoms. The van der Waals surface area contributed by atoms with Gasteiger partial charge in [-0.1, -0.05) is 30.3 Å². The summed E-state index contributed by atoms with van der Waals surface area (Å²) in [5.74, 6) is 0.516. The van der Waals surface area contributed by atoms with Crippen molar-refractivity contribution in [3.63, 3.8) is 0 Å². The molecule has 8 nitrogen and oxygen atoms in total. The van der Waals surface area contributed by atoms with Crippen molar-refractivity contribution < 1.29 is 13.2 Å². The molecule has 1 fully saturated rings. The van der Waals surface area contributed by atoms with Crippen LogP contribution in [0.3, 0.4) is 0 Å². The molecule has 2 aromatic carbocycles. The van der Waals surface area contributed by atoms with Crippen LogP contribution < -0.4 is 10.5 Å². The number of Topliss-reactive ketones (excluding diaryl/α,β-unsaturated/α-hetero) is 1. The van der Waals surface area contributed by atoms with Crippen LogP contribution in [0.2, 0.25) is 0 Å². The molecule has 0 amide bonds. The Kier molecular flexibility index (Phi) is 6.20. The number of hydrogen-bond acceptors (Lipinski definition) is 6. The highest BCUT2D eigenvalue weighted by molar-refractivity contribution is 7.89. The first-order valence-corrected chi connectivity index (χ1v) is 11.8. The molecule has 1 aromatic heterocycles. The van der Waals surface area contributed by atoms with E-state index in [-0.39, 0.29) is 16.2 Å². The maximum atomic E-state index is 13.1. The van der Waals surface area contributed by atoms with E-state index >= 15 is 0 Å². The lowest BCUT2D eigenvalue weighted by Crippen LogP contribution is -2.36. The molecule has 1 aliphatic rings. The maximum absolute atomic E-state index is 13.1. The highest BCUT2D eigenvalue weighted by Crippen LogP contribution is 2.20. The van der Waals surface area contributed by atoms with Crippen LogP contribution in [-0.2, 0) is 10.0 Å². The van der Waals surface area contributed by atoms with Crippen molar-refractivity contribution in [3.8, 4) is 5.69 Å². The normalized spacial score (nSPS) is 15.3. The Hall–Kier alpha value is -3.30. The Balaban J connectivity index is 1.53. The van der Waals surface area contributed by atoms with Gasteiger partial charge in [-0.3, -0.25) is 9.59 Å². The van der Waals surface area contributed by atoms with E-state index in [0.717, 1.165) is 0 Å². The summed E-state index contributed by atoms with van der Waals surface area (Å²) in [5, 5.41) is 4.51. The molecule has 0 saturated carbocycles. The number of para-hydroxylation sites is 1. The highest BCUT2D eigenvalue weighted by atomic mass is 32.2. The molecule has 2 heterocycles. The van der Waals surface area contributed by atoms with Gasteiger partial charge in [0.2, 0.25) is 10.0 Å². The van der Waals surface area contributed by atoms with E-state index < -0.39 is 10.0 Å². The molecule has 1 saturated heterocycles. The monoisotopic (exact) mass is 452 g/mol. The van der Waals surface area contributed by atoms with Crippen LogP contribution in [0, 0.1) is 0 Å². The number of hydrogen-bond donors (Lipinski definition) is 0. The second-order valence-corrected chi connectivity index (χ2v) is 9.54. The summed E-state index contributed by atoms with van der Waals surface area (Å²) < 4.78 is 29.0. The number of anilines is 1. The molecule has 0 unspecified atom stereocenters. The Labute approximate surface area is 186 Å². The second kappa shape index (κ2) is 9.05. The molecule has 166 valence electrons. The van der Waals surface area contributed by atoms with Gasteiger partial charge in [0, 0.05) is 37.8 Å².